The van der Waals surface area contributed by atoms with Gasteiger partial charge in [0.05, 0.1) is 41.0 Å². The normalized spacial score (nSPS) is 10.6. The maximum Gasteiger partial charge on any atom is 0.227 e. The van der Waals surface area contributed by atoms with Crippen LogP contribution in [0.25, 0.3) is 22.3 Å². The summed E-state index contributed by atoms with van der Waals surface area (Å²) in [5.74, 6) is 0.415. The lowest BCUT2D eigenvalue weighted by molar-refractivity contribution is 1.10. The molecule has 8 nitrogen and oxygen atoms in total. The van der Waals surface area contributed by atoms with Gasteiger partial charge in [-0.05, 0) is 18.2 Å². The molecule has 0 bridgehead atoms. The molecule has 3 aromatic heterocycles. The van der Waals surface area contributed by atoms with Gasteiger partial charge >= 0.3 is 0 Å². The largest absolute Gasteiger partial charge is 0.345 e. The standard InChI is InChI=1S/C15H10N8/c16-5-9-6-17-15(18-7-9)22-10-3-11(12-1-2-21-23-12)14-13(4-10)19-8-20-14/h1-4,6-8H,(H,19,20)(H,21,23)(H,17,18,22). The second-order valence-electron chi connectivity index (χ2n) is 4.82. The molecule has 0 aliphatic carbocycles. The monoisotopic (exact) mass is 302 g/mol. The molecule has 4 aromatic rings. The quantitative estimate of drug-likeness (QED) is 0.534. The minimum atomic E-state index is 0.415. The predicted molar refractivity (Wildman–Crippen MR) is 83.7 cm³/mol. The van der Waals surface area contributed by atoms with E-state index in [9.17, 15) is 0 Å². The lowest BCUT2D eigenvalue weighted by Crippen LogP contribution is -1.97. The van der Waals surface area contributed by atoms with Gasteiger partial charge in [0.1, 0.15) is 6.07 Å². The van der Waals surface area contributed by atoms with Crippen molar-refractivity contribution < 1.29 is 0 Å². The number of nitrogens with zero attached hydrogens (tertiary/aromatic N) is 5. The summed E-state index contributed by atoms with van der Waals surface area (Å²) in [5.41, 5.74) is 4.73. The molecule has 0 aliphatic rings. The number of hydrogen-bond acceptors (Lipinski definition) is 6. The zero-order chi connectivity index (χ0) is 15.6. The number of fused-ring (bicyclic) bond motifs is 1. The highest BCUT2D eigenvalue weighted by atomic mass is 15.1. The molecule has 8 heteroatoms. The second-order valence-corrected chi connectivity index (χ2v) is 4.82. The van der Waals surface area contributed by atoms with Crippen molar-refractivity contribution in [1.82, 2.24) is 30.1 Å². The van der Waals surface area contributed by atoms with Gasteiger partial charge in [-0.15, -0.1) is 0 Å². The molecule has 0 saturated carbocycles. The summed E-state index contributed by atoms with van der Waals surface area (Å²) in [5, 5.41) is 18.8. The summed E-state index contributed by atoms with van der Waals surface area (Å²) in [4.78, 5) is 15.7. The van der Waals surface area contributed by atoms with Crippen LogP contribution in [0.2, 0.25) is 0 Å². The van der Waals surface area contributed by atoms with Crippen LogP contribution in [-0.4, -0.2) is 30.1 Å². The zero-order valence-electron chi connectivity index (χ0n) is 11.8. The number of nitrogens with one attached hydrogen (secondary N) is 3. The van der Waals surface area contributed by atoms with Crippen molar-refractivity contribution in [2.45, 2.75) is 0 Å². The van der Waals surface area contributed by atoms with Gasteiger partial charge in [-0.1, -0.05) is 0 Å². The Morgan fingerprint density at radius 3 is 2.74 bits per heavy atom. The average Bonchev–Trinajstić information content (AvgIpc) is 3.26. The van der Waals surface area contributed by atoms with Crippen LogP contribution in [0.4, 0.5) is 11.6 Å². The average molecular weight is 302 g/mol. The first kappa shape index (κ1) is 13.0. The molecule has 3 N–H and O–H groups in total. The van der Waals surface area contributed by atoms with E-state index in [2.05, 4.69) is 35.5 Å². The van der Waals surface area contributed by atoms with Crippen molar-refractivity contribution in [3.8, 4) is 17.3 Å². The van der Waals surface area contributed by atoms with Gasteiger partial charge in [-0.2, -0.15) is 10.4 Å². The van der Waals surface area contributed by atoms with Gasteiger partial charge in [0, 0.05) is 17.4 Å². The minimum absolute atomic E-state index is 0.415. The number of hydrogen-bond donors (Lipinski definition) is 3. The number of nitriles is 1. The fourth-order valence-corrected chi connectivity index (χ4v) is 2.31. The number of benzene rings is 1. The summed E-state index contributed by atoms with van der Waals surface area (Å²) in [7, 11) is 0. The fraction of sp³-hybridized carbons (Fsp3) is 0. The molecule has 0 saturated heterocycles. The van der Waals surface area contributed by atoms with Crippen molar-refractivity contribution in [2.75, 3.05) is 5.32 Å². The lowest BCUT2D eigenvalue weighted by atomic mass is 10.1. The Kier molecular flexibility index (Phi) is 2.95. The Hall–Kier alpha value is -3.73. The number of aromatic nitrogens is 6. The Balaban J connectivity index is 1.76. The maximum absolute atomic E-state index is 8.78. The number of aromatic amines is 2. The third-order valence-corrected chi connectivity index (χ3v) is 3.35. The predicted octanol–water partition coefficient (Wildman–Crippen LogP) is 2.36. The smallest absolute Gasteiger partial charge is 0.227 e. The molecule has 110 valence electrons. The molecule has 4 rings (SSSR count). The van der Waals surface area contributed by atoms with Gasteiger partial charge in [0.15, 0.2) is 0 Å². The first-order valence-corrected chi connectivity index (χ1v) is 6.79. The molecule has 23 heavy (non-hydrogen) atoms. The highest BCUT2D eigenvalue weighted by Crippen LogP contribution is 2.29. The van der Waals surface area contributed by atoms with E-state index in [1.54, 1.807) is 12.5 Å². The Morgan fingerprint density at radius 2 is 2.00 bits per heavy atom. The second kappa shape index (κ2) is 5.23. The fourth-order valence-electron chi connectivity index (χ4n) is 2.31. The molecule has 0 amide bonds. The van der Waals surface area contributed by atoms with Crippen LogP contribution in [0.15, 0.2) is 43.1 Å². The highest BCUT2D eigenvalue weighted by molar-refractivity contribution is 5.94. The Labute approximate surface area is 130 Å². The SMILES string of the molecule is N#Cc1cnc(Nc2cc(-c3ccn[nH]3)c3nc[nH]c3c2)nc1. The molecule has 0 fully saturated rings. The zero-order valence-corrected chi connectivity index (χ0v) is 11.8. The van der Waals surface area contributed by atoms with Crippen molar-refractivity contribution >= 4 is 22.7 Å². The third kappa shape index (κ3) is 2.36. The molecule has 3 heterocycles. The van der Waals surface area contributed by atoms with Crippen molar-refractivity contribution in [3.05, 3.63) is 48.7 Å². The molecule has 0 aliphatic heterocycles. The summed E-state index contributed by atoms with van der Waals surface area (Å²) >= 11 is 0. The van der Waals surface area contributed by atoms with Gasteiger partial charge in [-0.3, -0.25) is 5.10 Å². The van der Waals surface area contributed by atoms with Gasteiger partial charge in [-0.25, -0.2) is 15.0 Å². The van der Waals surface area contributed by atoms with E-state index >= 15 is 0 Å². The number of rotatable bonds is 3. The number of H-pyrrole nitrogens is 2. The highest BCUT2D eigenvalue weighted by Gasteiger charge is 2.10. The molecule has 1 aromatic carbocycles. The number of anilines is 2. The lowest BCUT2D eigenvalue weighted by Gasteiger charge is -2.07. The number of imidazole rings is 1. The molecular weight excluding hydrogens is 292 g/mol. The Bertz CT molecular complexity index is 992. The topological polar surface area (TPSA) is 119 Å². The van der Waals surface area contributed by atoms with Gasteiger partial charge < -0.3 is 10.3 Å². The molecule has 0 atom stereocenters. The van der Waals surface area contributed by atoms with Crippen molar-refractivity contribution in [3.63, 3.8) is 0 Å². The first-order chi connectivity index (χ1) is 11.3. The summed E-state index contributed by atoms with van der Waals surface area (Å²) in [6.07, 6.45) is 6.28. The van der Waals surface area contributed by atoms with Crippen molar-refractivity contribution in [2.24, 2.45) is 0 Å². The van der Waals surface area contributed by atoms with Crippen LogP contribution in [0, 0.1) is 11.3 Å². The Morgan fingerprint density at radius 1 is 1.13 bits per heavy atom. The van der Waals surface area contributed by atoms with Crippen LogP contribution in [0.1, 0.15) is 5.56 Å². The molecular formula is C15H10N8. The van der Waals surface area contributed by atoms with Gasteiger partial charge in [0.2, 0.25) is 5.95 Å². The molecule has 0 radical (unpaired) electrons. The summed E-state index contributed by atoms with van der Waals surface area (Å²) < 4.78 is 0. The van der Waals surface area contributed by atoms with E-state index in [1.165, 1.54) is 12.4 Å². The van der Waals surface area contributed by atoms with E-state index in [0.29, 0.717) is 11.5 Å². The van der Waals surface area contributed by atoms with E-state index < -0.39 is 0 Å². The van der Waals surface area contributed by atoms with Crippen LogP contribution < -0.4 is 5.32 Å². The summed E-state index contributed by atoms with van der Waals surface area (Å²) in [6, 6.07) is 7.73. The maximum atomic E-state index is 8.78. The van der Waals surface area contributed by atoms with Crippen LogP contribution >= 0.6 is 0 Å². The van der Waals surface area contributed by atoms with E-state index in [4.69, 9.17) is 5.26 Å². The minimum Gasteiger partial charge on any atom is -0.345 e. The molecule has 0 unspecified atom stereocenters. The van der Waals surface area contributed by atoms with E-state index in [1.807, 2.05) is 24.3 Å². The van der Waals surface area contributed by atoms with Crippen LogP contribution in [-0.2, 0) is 0 Å². The molecule has 0 spiro atoms. The summed E-state index contributed by atoms with van der Waals surface area (Å²) in [6.45, 7) is 0. The van der Waals surface area contributed by atoms with Crippen molar-refractivity contribution in [1.29, 1.82) is 5.26 Å². The van der Waals surface area contributed by atoms with E-state index in [0.717, 1.165) is 28.0 Å². The van der Waals surface area contributed by atoms with Gasteiger partial charge in [0.25, 0.3) is 0 Å². The third-order valence-electron chi connectivity index (χ3n) is 3.35. The van der Waals surface area contributed by atoms with Crippen LogP contribution in [0.3, 0.4) is 0 Å². The first-order valence-electron chi connectivity index (χ1n) is 6.79. The van der Waals surface area contributed by atoms with E-state index in [-0.39, 0.29) is 0 Å². The van der Waals surface area contributed by atoms with Crippen LogP contribution in [0.5, 0.6) is 0 Å².